The highest BCUT2D eigenvalue weighted by atomic mass is 32.2. The number of rotatable bonds is 7. The van der Waals surface area contributed by atoms with Gasteiger partial charge in [0, 0.05) is 31.9 Å². The molecule has 0 unspecified atom stereocenters. The van der Waals surface area contributed by atoms with Crippen LogP contribution in [0.15, 0.2) is 63.8 Å². The van der Waals surface area contributed by atoms with Gasteiger partial charge in [-0.1, -0.05) is 6.07 Å². The van der Waals surface area contributed by atoms with Crippen molar-refractivity contribution >= 4 is 39.2 Å². The molecule has 0 fully saturated rings. The monoisotopic (exact) mass is 429 g/mol. The Morgan fingerprint density at radius 3 is 2.43 bits per heavy atom. The van der Waals surface area contributed by atoms with E-state index < -0.39 is 14.9 Å². The Hall–Kier alpha value is -3.73. The van der Waals surface area contributed by atoms with E-state index >= 15 is 0 Å². The summed E-state index contributed by atoms with van der Waals surface area (Å²) in [7, 11) is 0.975. The zero-order chi connectivity index (χ0) is 21.9. The van der Waals surface area contributed by atoms with Crippen molar-refractivity contribution in [2.45, 2.75) is 4.90 Å². The summed E-state index contributed by atoms with van der Waals surface area (Å²) in [5, 5.41) is 19.4. The molecule has 3 aromatic rings. The van der Waals surface area contributed by atoms with Gasteiger partial charge in [-0.3, -0.25) is 10.1 Å². The van der Waals surface area contributed by atoms with Crippen LogP contribution in [0, 0.1) is 10.1 Å². The molecule has 0 saturated carbocycles. The normalized spacial score (nSPS) is 12.1. The summed E-state index contributed by atoms with van der Waals surface area (Å²) in [5.74, 6) is 0.508. The summed E-state index contributed by atoms with van der Waals surface area (Å²) < 4.78 is 32.5. The summed E-state index contributed by atoms with van der Waals surface area (Å²) in [6.07, 6.45) is 4.03. The molecule has 3 rings (SSSR count). The predicted octanol–water partition coefficient (Wildman–Crippen LogP) is 2.72. The first kappa shape index (κ1) is 21.0. The summed E-state index contributed by atoms with van der Waals surface area (Å²) in [6.45, 7) is 0. The van der Waals surface area contributed by atoms with Crippen LogP contribution in [0.2, 0.25) is 0 Å². The Morgan fingerprint density at radius 2 is 1.83 bits per heavy atom. The largest absolute Gasteiger partial charge is 0.497 e. The average molecular weight is 429 g/mol. The third-order valence-corrected chi connectivity index (χ3v) is 5.85. The quantitative estimate of drug-likeness (QED) is 0.246. The van der Waals surface area contributed by atoms with Crippen LogP contribution in [0.4, 0.5) is 5.69 Å². The zero-order valence-electron chi connectivity index (χ0n) is 16.5. The standard InChI is InChI=1S/C19H19N5O5S/c1-22(2)13-21-20-11-14-12-23(17-5-4-6-18(19(14)17)24(25)26)30(27,28)16-9-7-15(29-3)8-10-16/h4-13H,1-3H3/b20-11+,21-13+. The number of nitro groups is 1. The maximum absolute atomic E-state index is 13.2. The smallest absolute Gasteiger partial charge is 0.279 e. The van der Waals surface area contributed by atoms with Crippen LogP contribution in [-0.4, -0.2) is 56.0 Å². The third kappa shape index (κ3) is 4.01. The van der Waals surface area contributed by atoms with Crippen LogP contribution in [-0.2, 0) is 10.0 Å². The van der Waals surface area contributed by atoms with Crippen LogP contribution in [0.1, 0.15) is 5.56 Å². The molecular formula is C19H19N5O5S. The van der Waals surface area contributed by atoms with E-state index in [2.05, 4.69) is 10.2 Å². The SMILES string of the molecule is COc1ccc(S(=O)(=O)n2cc(/C=N/N=C/N(C)C)c3c([N+](=O)[O-])cccc32)cc1. The second kappa shape index (κ2) is 8.33. The van der Waals surface area contributed by atoms with Crippen molar-refractivity contribution in [2.24, 2.45) is 10.2 Å². The number of hydrogen-bond donors (Lipinski definition) is 0. The van der Waals surface area contributed by atoms with Crippen LogP contribution < -0.4 is 4.74 Å². The van der Waals surface area contributed by atoms with Crippen LogP contribution in [0.25, 0.3) is 10.9 Å². The van der Waals surface area contributed by atoms with Crippen molar-refractivity contribution in [3.63, 3.8) is 0 Å². The number of benzene rings is 2. The fraction of sp³-hybridized carbons (Fsp3) is 0.158. The average Bonchev–Trinajstić information content (AvgIpc) is 3.10. The highest BCUT2D eigenvalue weighted by Crippen LogP contribution is 2.32. The molecule has 0 aliphatic heterocycles. The molecule has 0 saturated heterocycles. The van der Waals surface area contributed by atoms with Crippen LogP contribution >= 0.6 is 0 Å². The number of ether oxygens (including phenoxy) is 1. The minimum Gasteiger partial charge on any atom is -0.497 e. The molecular weight excluding hydrogens is 410 g/mol. The van der Waals surface area contributed by atoms with Crippen molar-refractivity contribution in [3.05, 3.63) is 64.3 Å². The van der Waals surface area contributed by atoms with Gasteiger partial charge >= 0.3 is 0 Å². The van der Waals surface area contributed by atoms with E-state index in [0.29, 0.717) is 5.75 Å². The van der Waals surface area contributed by atoms with Gasteiger partial charge in [-0.15, -0.1) is 5.10 Å². The lowest BCUT2D eigenvalue weighted by atomic mass is 10.1. The molecule has 2 aromatic carbocycles. The molecule has 11 heteroatoms. The topological polar surface area (TPSA) is 119 Å². The summed E-state index contributed by atoms with van der Waals surface area (Å²) in [4.78, 5) is 12.7. The Bertz CT molecular complexity index is 1240. The van der Waals surface area contributed by atoms with Crippen molar-refractivity contribution in [1.82, 2.24) is 8.87 Å². The lowest BCUT2D eigenvalue weighted by Crippen LogP contribution is -2.11. The fourth-order valence-corrected chi connectivity index (χ4v) is 4.18. The number of nitrogens with zero attached hydrogens (tertiary/aromatic N) is 5. The van der Waals surface area contributed by atoms with Crippen LogP contribution in [0.3, 0.4) is 0 Å². The number of fused-ring (bicyclic) bond motifs is 1. The van der Waals surface area contributed by atoms with E-state index in [9.17, 15) is 18.5 Å². The van der Waals surface area contributed by atoms with Crippen LogP contribution in [0.5, 0.6) is 5.75 Å². The van der Waals surface area contributed by atoms with Gasteiger partial charge in [0.25, 0.3) is 15.7 Å². The van der Waals surface area contributed by atoms with Gasteiger partial charge in [0.15, 0.2) is 0 Å². The Labute approximate surface area is 172 Å². The molecule has 0 aliphatic carbocycles. The zero-order valence-corrected chi connectivity index (χ0v) is 17.3. The van der Waals surface area contributed by atoms with Crippen molar-refractivity contribution in [3.8, 4) is 5.75 Å². The second-order valence-corrected chi connectivity index (χ2v) is 8.24. The van der Waals surface area contributed by atoms with Crippen molar-refractivity contribution in [2.75, 3.05) is 21.2 Å². The lowest BCUT2D eigenvalue weighted by molar-refractivity contribution is -0.383. The van der Waals surface area contributed by atoms with Crippen molar-refractivity contribution in [1.29, 1.82) is 0 Å². The maximum atomic E-state index is 13.2. The molecule has 30 heavy (non-hydrogen) atoms. The molecule has 156 valence electrons. The minimum absolute atomic E-state index is 0.0147. The van der Waals surface area contributed by atoms with Gasteiger partial charge in [-0.2, -0.15) is 5.10 Å². The molecule has 10 nitrogen and oxygen atoms in total. The first-order valence-electron chi connectivity index (χ1n) is 8.66. The van der Waals surface area contributed by atoms with Gasteiger partial charge in [0.2, 0.25) is 0 Å². The molecule has 1 aromatic heterocycles. The Kier molecular flexibility index (Phi) is 5.83. The van der Waals surface area contributed by atoms with E-state index in [0.717, 1.165) is 3.97 Å². The number of nitro benzene ring substituents is 1. The van der Waals surface area contributed by atoms with E-state index in [-0.39, 0.29) is 27.0 Å². The van der Waals surface area contributed by atoms with Gasteiger partial charge in [0.1, 0.15) is 12.1 Å². The minimum atomic E-state index is -4.03. The number of hydrogen-bond acceptors (Lipinski definition) is 7. The highest BCUT2D eigenvalue weighted by Gasteiger charge is 2.25. The second-order valence-electron chi connectivity index (χ2n) is 6.43. The van der Waals surface area contributed by atoms with E-state index in [1.54, 1.807) is 19.0 Å². The Balaban J connectivity index is 2.22. The maximum Gasteiger partial charge on any atom is 0.279 e. The van der Waals surface area contributed by atoms with Gasteiger partial charge in [0.05, 0.1) is 34.0 Å². The number of methoxy groups -OCH3 is 1. The molecule has 1 heterocycles. The van der Waals surface area contributed by atoms with Crippen molar-refractivity contribution < 1.29 is 18.1 Å². The first-order valence-corrected chi connectivity index (χ1v) is 10.1. The molecule has 0 atom stereocenters. The molecule has 0 aliphatic rings. The predicted molar refractivity (Wildman–Crippen MR) is 114 cm³/mol. The van der Waals surface area contributed by atoms with E-state index in [1.165, 1.54) is 68.3 Å². The lowest BCUT2D eigenvalue weighted by Gasteiger charge is -2.08. The van der Waals surface area contributed by atoms with Gasteiger partial charge in [-0.25, -0.2) is 12.4 Å². The molecule has 0 bridgehead atoms. The first-order chi connectivity index (χ1) is 14.3. The van der Waals surface area contributed by atoms with Gasteiger partial charge < -0.3 is 9.64 Å². The summed E-state index contributed by atoms with van der Waals surface area (Å²) >= 11 is 0. The fourth-order valence-electron chi connectivity index (χ4n) is 2.81. The molecule has 0 amide bonds. The molecule has 0 spiro atoms. The molecule has 0 radical (unpaired) electrons. The Morgan fingerprint density at radius 1 is 1.13 bits per heavy atom. The number of non-ortho nitro benzene ring substituents is 1. The van der Waals surface area contributed by atoms with E-state index in [1.807, 2.05) is 0 Å². The molecule has 0 N–H and O–H groups in total. The summed E-state index contributed by atoms with van der Waals surface area (Å²) in [6, 6.07) is 10.1. The van der Waals surface area contributed by atoms with E-state index in [4.69, 9.17) is 4.74 Å². The third-order valence-electron chi connectivity index (χ3n) is 4.16. The highest BCUT2D eigenvalue weighted by molar-refractivity contribution is 7.90. The van der Waals surface area contributed by atoms with Gasteiger partial charge in [-0.05, 0) is 30.3 Å². The summed E-state index contributed by atoms with van der Waals surface area (Å²) in [5.41, 5.74) is 0.192. The number of aromatic nitrogens is 1.